The maximum atomic E-state index is 11.3. The molecule has 0 aromatic heterocycles. The molecule has 6 heteroatoms. The van der Waals surface area contributed by atoms with Crippen LogP contribution in [0.1, 0.15) is 26.7 Å². The molecule has 110 valence electrons. The van der Waals surface area contributed by atoms with Crippen molar-refractivity contribution in [3.63, 3.8) is 0 Å². The van der Waals surface area contributed by atoms with Crippen molar-refractivity contribution >= 4 is 23.7 Å². The van der Waals surface area contributed by atoms with Crippen molar-refractivity contribution in [2.24, 2.45) is 11.8 Å². The molecule has 3 atom stereocenters. The highest BCUT2D eigenvalue weighted by Gasteiger charge is 2.39. The lowest BCUT2D eigenvalue weighted by Crippen LogP contribution is -2.38. The van der Waals surface area contributed by atoms with Gasteiger partial charge in [-0.15, -0.1) is 11.8 Å². The second kappa shape index (κ2) is 5.91. The topological polar surface area (TPSA) is 86.6 Å². The molecular weight excluding hydrogens is 278 g/mol. The van der Waals surface area contributed by atoms with E-state index in [4.69, 9.17) is 0 Å². The molecule has 0 saturated carbocycles. The summed E-state index contributed by atoms with van der Waals surface area (Å²) in [6.45, 7) is 5.03. The van der Waals surface area contributed by atoms with Crippen molar-refractivity contribution in [1.29, 1.82) is 0 Å². The summed E-state index contributed by atoms with van der Waals surface area (Å²) in [6, 6.07) is 0. The van der Waals surface area contributed by atoms with Gasteiger partial charge in [0.15, 0.2) is 0 Å². The maximum absolute atomic E-state index is 11.3. The molecule has 0 aromatic carbocycles. The SMILES string of the molecule is CCC1CNC2=C(SC(C(=O)O)C(C(=O)O)=C2)C1CC. The summed E-state index contributed by atoms with van der Waals surface area (Å²) >= 11 is 1.18. The molecule has 3 unspecified atom stereocenters. The van der Waals surface area contributed by atoms with Gasteiger partial charge in [0.25, 0.3) is 0 Å². The van der Waals surface area contributed by atoms with Gasteiger partial charge in [0.05, 0.1) is 5.57 Å². The van der Waals surface area contributed by atoms with E-state index in [0.717, 1.165) is 30.0 Å². The first-order valence-corrected chi connectivity index (χ1v) is 7.69. The van der Waals surface area contributed by atoms with Crippen LogP contribution < -0.4 is 5.32 Å². The highest BCUT2D eigenvalue weighted by molar-refractivity contribution is 8.04. The van der Waals surface area contributed by atoms with Crippen molar-refractivity contribution in [2.75, 3.05) is 6.54 Å². The molecule has 0 aliphatic carbocycles. The predicted octanol–water partition coefficient (Wildman–Crippen LogP) is 2.06. The van der Waals surface area contributed by atoms with Gasteiger partial charge >= 0.3 is 11.9 Å². The minimum Gasteiger partial charge on any atom is -0.480 e. The Morgan fingerprint density at radius 1 is 1.35 bits per heavy atom. The van der Waals surface area contributed by atoms with Crippen molar-refractivity contribution in [1.82, 2.24) is 5.32 Å². The quantitative estimate of drug-likeness (QED) is 0.736. The first-order chi connectivity index (χ1) is 9.49. The molecule has 0 radical (unpaired) electrons. The number of hydrogen-bond acceptors (Lipinski definition) is 4. The number of rotatable bonds is 4. The van der Waals surface area contributed by atoms with Crippen LogP contribution in [0.4, 0.5) is 0 Å². The third-order valence-electron chi connectivity index (χ3n) is 3.99. The number of hydrogen-bond donors (Lipinski definition) is 3. The van der Waals surface area contributed by atoms with E-state index in [1.165, 1.54) is 17.8 Å². The third-order valence-corrected chi connectivity index (χ3v) is 5.46. The lowest BCUT2D eigenvalue weighted by atomic mass is 9.84. The first kappa shape index (κ1) is 15.0. The molecule has 2 aliphatic heterocycles. The van der Waals surface area contributed by atoms with Gasteiger partial charge in [0.2, 0.25) is 0 Å². The smallest absolute Gasteiger partial charge is 0.333 e. The van der Waals surface area contributed by atoms with E-state index < -0.39 is 17.2 Å². The first-order valence-electron chi connectivity index (χ1n) is 6.81. The second-order valence-electron chi connectivity index (χ2n) is 5.08. The highest BCUT2D eigenvalue weighted by Crippen LogP contribution is 2.45. The molecule has 2 rings (SSSR count). The summed E-state index contributed by atoms with van der Waals surface area (Å²) < 4.78 is 0. The van der Waals surface area contributed by atoms with E-state index in [9.17, 15) is 19.8 Å². The Labute approximate surface area is 122 Å². The number of allylic oxidation sites excluding steroid dienone is 2. The standard InChI is InChI=1S/C14H19NO4S/c1-3-7-6-15-10-5-9(13(16)17)12(14(18)19)20-11(10)8(7)4-2/h5,7-8,12,15H,3-4,6H2,1-2H3,(H,16,17)(H,18,19). The number of carboxylic acids is 2. The molecule has 0 amide bonds. The van der Waals surface area contributed by atoms with Gasteiger partial charge in [0, 0.05) is 17.1 Å². The Balaban J connectivity index is 2.42. The maximum Gasteiger partial charge on any atom is 0.333 e. The Morgan fingerprint density at radius 3 is 2.55 bits per heavy atom. The fourth-order valence-corrected chi connectivity index (χ4v) is 4.33. The van der Waals surface area contributed by atoms with E-state index in [1.54, 1.807) is 0 Å². The van der Waals surface area contributed by atoms with Crippen LogP contribution in [0.2, 0.25) is 0 Å². The van der Waals surface area contributed by atoms with Crippen LogP contribution in [0, 0.1) is 11.8 Å². The average Bonchev–Trinajstić information content (AvgIpc) is 2.44. The summed E-state index contributed by atoms with van der Waals surface area (Å²) in [5.41, 5.74) is 0.736. The Hall–Kier alpha value is -1.43. The van der Waals surface area contributed by atoms with E-state index in [2.05, 4.69) is 19.2 Å². The Morgan fingerprint density at radius 2 is 2.05 bits per heavy atom. The van der Waals surface area contributed by atoms with Crippen molar-refractivity contribution in [2.45, 2.75) is 31.9 Å². The summed E-state index contributed by atoms with van der Waals surface area (Å²) in [5, 5.41) is 20.7. The van der Waals surface area contributed by atoms with Gasteiger partial charge in [-0.1, -0.05) is 20.3 Å². The van der Waals surface area contributed by atoms with Gasteiger partial charge in [-0.25, -0.2) is 4.79 Å². The summed E-state index contributed by atoms with van der Waals surface area (Å²) in [6.07, 6.45) is 3.46. The number of carboxylic acid groups (broad SMARTS) is 2. The number of aliphatic carboxylic acids is 2. The molecule has 5 nitrogen and oxygen atoms in total. The minimum absolute atomic E-state index is 0.0569. The zero-order valence-corrected chi connectivity index (χ0v) is 12.4. The molecule has 0 bridgehead atoms. The molecule has 20 heavy (non-hydrogen) atoms. The normalized spacial score (nSPS) is 29.3. The van der Waals surface area contributed by atoms with Gasteiger partial charge in [-0.3, -0.25) is 4.79 Å². The Bertz CT molecular complexity index is 497. The number of nitrogens with one attached hydrogen (secondary N) is 1. The van der Waals surface area contributed by atoms with Gasteiger partial charge in [0.1, 0.15) is 5.25 Å². The van der Waals surface area contributed by atoms with Gasteiger partial charge < -0.3 is 15.5 Å². The molecule has 0 aromatic rings. The average molecular weight is 297 g/mol. The summed E-state index contributed by atoms with van der Waals surface area (Å²) in [4.78, 5) is 23.5. The third kappa shape index (κ3) is 2.57. The van der Waals surface area contributed by atoms with Crippen molar-refractivity contribution in [3.05, 3.63) is 22.3 Å². The van der Waals surface area contributed by atoms with E-state index in [-0.39, 0.29) is 5.57 Å². The van der Waals surface area contributed by atoms with E-state index in [0.29, 0.717) is 11.8 Å². The lowest BCUT2D eigenvalue weighted by molar-refractivity contribution is -0.139. The summed E-state index contributed by atoms with van der Waals surface area (Å²) in [7, 11) is 0. The fourth-order valence-electron chi connectivity index (χ4n) is 2.88. The van der Waals surface area contributed by atoms with Crippen LogP contribution in [0.3, 0.4) is 0 Å². The lowest BCUT2D eigenvalue weighted by Gasteiger charge is -2.37. The van der Waals surface area contributed by atoms with Crippen LogP contribution in [-0.2, 0) is 9.59 Å². The van der Waals surface area contributed by atoms with Crippen LogP contribution in [0.25, 0.3) is 0 Å². The van der Waals surface area contributed by atoms with Gasteiger partial charge in [-0.05, 0) is 24.3 Å². The zero-order chi connectivity index (χ0) is 14.9. The van der Waals surface area contributed by atoms with E-state index >= 15 is 0 Å². The van der Waals surface area contributed by atoms with Crippen molar-refractivity contribution in [3.8, 4) is 0 Å². The van der Waals surface area contributed by atoms with Crippen LogP contribution in [-0.4, -0.2) is 33.9 Å². The van der Waals surface area contributed by atoms with Crippen molar-refractivity contribution < 1.29 is 19.8 Å². The van der Waals surface area contributed by atoms with Crippen LogP contribution in [0.15, 0.2) is 22.3 Å². The molecule has 0 spiro atoms. The van der Waals surface area contributed by atoms with Crippen LogP contribution >= 0.6 is 11.8 Å². The Kier molecular flexibility index (Phi) is 4.42. The molecule has 0 saturated heterocycles. The largest absolute Gasteiger partial charge is 0.480 e. The molecule has 3 N–H and O–H groups in total. The molecule has 2 heterocycles. The van der Waals surface area contributed by atoms with E-state index in [1.807, 2.05) is 0 Å². The monoisotopic (exact) mass is 297 g/mol. The highest BCUT2D eigenvalue weighted by atomic mass is 32.2. The van der Waals surface area contributed by atoms with Gasteiger partial charge in [-0.2, -0.15) is 0 Å². The molecule has 0 fully saturated rings. The number of carbonyl (C=O) groups is 2. The second-order valence-corrected chi connectivity index (χ2v) is 6.23. The number of thioether (sulfide) groups is 1. The molecular formula is C14H19NO4S. The van der Waals surface area contributed by atoms with Crippen LogP contribution in [0.5, 0.6) is 0 Å². The summed E-state index contributed by atoms with van der Waals surface area (Å²) in [5.74, 6) is -1.47. The fraction of sp³-hybridized carbons (Fsp3) is 0.571. The predicted molar refractivity (Wildman–Crippen MR) is 77.3 cm³/mol. The molecule has 2 aliphatic rings. The minimum atomic E-state index is -1.16. The zero-order valence-electron chi connectivity index (χ0n) is 11.5.